The molecule has 1 saturated heterocycles. The number of Topliss-reactive ketones (excluding diaryl/α,β-unsaturated/α-hetero) is 1. The fourth-order valence-electron chi connectivity index (χ4n) is 9.58. The van der Waals surface area contributed by atoms with Crippen LogP contribution in [0.2, 0.25) is 5.04 Å². The van der Waals surface area contributed by atoms with Crippen molar-refractivity contribution < 1.29 is 19.1 Å². The van der Waals surface area contributed by atoms with Gasteiger partial charge in [-0.25, -0.2) is 0 Å². The minimum Gasteiger partial charge on any atom is -0.407 e. The van der Waals surface area contributed by atoms with Crippen molar-refractivity contribution in [1.82, 2.24) is 0 Å². The molecule has 0 spiro atoms. The molecule has 0 amide bonds. The van der Waals surface area contributed by atoms with Crippen LogP contribution in [0.3, 0.4) is 0 Å². The highest BCUT2D eigenvalue weighted by Crippen LogP contribution is 2.65. The second kappa shape index (κ2) is 10.4. The summed E-state index contributed by atoms with van der Waals surface area (Å²) in [5, 5.41) is 14.0. The molecule has 6 atom stereocenters. The molecule has 1 aliphatic heterocycles. The van der Waals surface area contributed by atoms with E-state index in [2.05, 4.69) is 109 Å². The molecule has 3 aliphatic rings. The largest absolute Gasteiger partial charge is 0.407 e. The number of aliphatic hydroxyl groups is 1. The van der Waals surface area contributed by atoms with Gasteiger partial charge in [-0.1, -0.05) is 109 Å². The van der Waals surface area contributed by atoms with Crippen LogP contribution in [-0.2, 0) is 14.0 Å². The summed E-state index contributed by atoms with van der Waals surface area (Å²) in [4.78, 5) is 14.2. The van der Waals surface area contributed by atoms with E-state index < -0.39 is 25.6 Å². The minimum atomic E-state index is -2.69. The maximum absolute atomic E-state index is 14.2. The number of carbonyl (C=O) groups excluding carboxylic acids is 1. The monoisotopic (exact) mass is 576 g/mol. The van der Waals surface area contributed by atoms with Crippen LogP contribution in [0.1, 0.15) is 93.9 Å². The Morgan fingerprint density at radius 1 is 0.927 bits per heavy atom. The zero-order chi connectivity index (χ0) is 29.9. The summed E-state index contributed by atoms with van der Waals surface area (Å²) in [6, 6.07) is 21.4. The van der Waals surface area contributed by atoms with E-state index in [1.54, 1.807) is 0 Å². The van der Waals surface area contributed by atoms with Crippen LogP contribution in [0.5, 0.6) is 0 Å². The number of ether oxygens (including phenoxy) is 1. The normalized spacial score (nSPS) is 35.4. The predicted octanol–water partition coefficient (Wildman–Crippen LogP) is 6.67. The van der Waals surface area contributed by atoms with Gasteiger partial charge >= 0.3 is 0 Å². The third-order valence-electron chi connectivity index (χ3n) is 11.3. The third-order valence-corrected chi connectivity index (χ3v) is 16.4. The van der Waals surface area contributed by atoms with Crippen molar-refractivity contribution in [3.63, 3.8) is 0 Å². The van der Waals surface area contributed by atoms with Crippen molar-refractivity contribution >= 4 is 24.5 Å². The van der Waals surface area contributed by atoms with Crippen molar-refractivity contribution in [1.29, 1.82) is 0 Å². The fraction of sp³-hybridized carbons (Fsp3) is 0.639. The fourth-order valence-corrected chi connectivity index (χ4v) is 14.1. The molecule has 2 saturated carbocycles. The number of aliphatic hydroxyl groups excluding tert-OH is 1. The Morgan fingerprint density at radius 2 is 1.49 bits per heavy atom. The highest BCUT2D eigenvalue weighted by atomic mass is 28.4. The lowest BCUT2D eigenvalue weighted by molar-refractivity contribution is -0.286. The van der Waals surface area contributed by atoms with Gasteiger partial charge in [0.2, 0.25) is 0 Å². The van der Waals surface area contributed by atoms with Crippen LogP contribution in [0.25, 0.3) is 0 Å². The zero-order valence-corrected chi connectivity index (χ0v) is 27.6. The van der Waals surface area contributed by atoms with E-state index in [-0.39, 0.29) is 27.6 Å². The number of benzene rings is 2. The molecule has 1 unspecified atom stereocenters. The van der Waals surface area contributed by atoms with Crippen LogP contribution >= 0.6 is 0 Å². The number of hydrogen-bond donors (Lipinski definition) is 1. The Bertz CT molecular complexity index is 1200. The Labute approximate surface area is 249 Å². The molecule has 4 nitrogen and oxygen atoms in total. The number of ketones is 1. The van der Waals surface area contributed by atoms with E-state index in [0.29, 0.717) is 31.8 Å². The van der Waals surface area contributed by atoms with Gasteiger partial charge < -0.3 is 14.3 Å². The van der Waals surface area contributed by atoms with Crippen LogP contribution in [0.4, 0.5) is 0 Å². The molecular formula is C36H52O4Si. The van der Waals surface area contributed by atoms with Crippen molar-refractivity contribution in [2.75, 3.05) is 6.61 Å². The van der Waals surface area contributed by atoms with Gasteiger partial charge in [0.05, 0.1) is 17.6 Å². The first-order valence-corrected chi connectivity index (χ1v) is 17.7. The maximum atomic E-state index is 14.2. The van der Waals surface area contributed by atoms with E-state index in [1.165, 1.54) is 10.4 Å². The maximum Gasteiger partial charge on any atom is 0.261 e. The zero-order valence-electron chi connectivity index (χ0n) is 26.6. The lowest BCUT2D eigenvalue weighted by Crippen LogP contribution is -2.71. The first-order chi connectivity index (χ1) is 19.1. The van der Waals surface area contributed by atoms with E-state index in [9.17, 15) is 9.90 Å². The summed E-state index contributed by atoms with van der Waals surface area (Å²) in [5.74, 6) is 0.289. The minimum absolute atomic E-state index is 0.111. The van der Waals surface area contributed by atoms with Gasteiger partial charge in [0, 0.05) is 13.0 Å². The number of fused-ring (bicyclic) bond motifs is 3. The standard InChI is InChI=1S/C36H52O4Si/c1-32(2,3)41(26-16-11-9-12-17-26,27-18-13-10-14-19-27)39-23-22-34(6)25-28(37)31-35(7)21-15-20-33(4,5)29(35)24-30(38)36(31,8)40-34/h9-14,16-19,29-31,38H,15,20-25H2,1-8H3/t29?,30-,31-,34+,35+,36-/m1/s1. The lowest BCUT2D eigenvalue weighted by Gasteiger charge is -2.65. The molecule has 0 aromatic heterocycles. The summed E-state index contributed by atoms with van der Waals surface area (Å²) in [6.45, 7) is 18.4. The van der Waals surface area contributed by atoms with E-state index in [1.807, 2.05) is 6.92 Å². The van der Waals surface area contributed by atoms with Crippen LogP contribution < -0.4 is 10.4 Å². The molecular weight excluding hydrogens is 524 g/mol. The van der Waals surface area contributed by atoms with Gasteiger partial charge in [-0.05, 0) is 71.7 Å². The first kappa shape index (κ1) is 30.7. The molecule has 224 valence electrons. The Morgan fingerprint density at radius 3 is 2.02 bits per heavy atom. The van der Waals surface area contributed by atoms with Crippen molar-refractivity contribution in [2.24, 2.45) is 22.7 Å². The molecule has 5 heteroatoms. The van der Waals surface area contributed by atoms with Gasteiger partial charge in [0.1, 0.15) is 11.4 Å². The molecule has 41 heavy (non-hydrogen) atoms. The highest BCUT2D eigenvalue weighted by molar-refractivity contribution is 6.99. The van der Waals surface area contributed by atoms with Crippen molar-refractivity contribution in [3.8, 4) is 0 Å². The van der Waals surface area contributed by atoms with Gasteiger partial charge in [-0.2, -0.15) is 0 Å². The average molecular weight is 577 g/mol. The van der Waals surface area contributed by atoms with E-state index in [4.69, 9.17) is 9.16 Å². The summed E-state index contributed by atoms with van der Waals surface area (Å²) in [6.07, 6.45) is 4.30. The Hall–Kier alpha value is -1.79. The molecule has 2 aromatic carbocycles. The Balaban J connectivity index is 1.43. The molecule has 1 N–H and O–H groups in total. The van der Waals surface area contributed by atoms with Gasteiger partial charge in [0.25, 0.3) is 8.32 Å². The van der Waals surface area contributed by atoms with Gasteiger partial charge in [-0.15, -0.1) is 0 Å². The van der Waals surface area contributed by atoms with E-state index >= 15 is 0 Å². The second-order valence-corrected chi connectivity index (χ2v) is 20.0. The molecule has 0 radical (unpaired) electrons. The van der Waals surface area contributed by atoms with Crippen molar-refractivity contribution in [2.45, 2.75) is 116 Å². The van der Waals surface area contributed by atoms with Gasteiger partial charge in [-0.3, -0.25) is 4.79 Å². The first-order valence-electron chi connectivity index (χ1n) is 15.8. The lowest BCUT2D eigenvalue weighted by atomic mass is 9.43. The molecule has 2 aliphatic carbocycles. The SMILES string of the molecule is CC1(C)CCC[C@@]2(C)C1C[C@@H](O)[C@@]1(C)O[C@@](C)(CCO[Si](c3ccccc3)(c3ccccc3)C(C)(C)C)CC(=O)[C@@H]12. The quantitative estimate of drug-likeness (QED) is 0.390. The average Bonchev–Trinajstić information content (AvgIpc) is 2.88. The second-order valence-electron chi connectivity index (χ2n) is 15.7. The summed E-state index contributed by atoms with van der Waals surface area (Å²) in [5.41, 5.74) is -1.62. The van der Waals surface area contributed by atoms with Crippen LogP contribution in [-0.4, -0.2) is 43.1 Å². The number of hydrogen-bond acceptors (Lipinski definition) is 4. The third kappa shape index (κ3) is 4.99. The summed E-state index contributed by atoms with van der Waals surface area (Å²) >= 11 is 0. The number of carbonyl (C=O) groups is 1. The number of rotatable bonds is 6. The summed E-state index contributed by atoms with van der Waals surface area (Å²) < 4.78 is 14.2. The topological polar surface area (TPSA) is 55.8 Å². The Kier molecular flexibility index (Phi) is 7.80. The molecule has 2 aromatic rings. The predicted molar refractivity (Wildman–Crippen MR) is 169 cm³/mol. The van der Waals surface area contributed by atoms with E-state index in [0.717, 1.165) is 19.3 Å². The smallest absolute Gasteiger partial charge is 0.261 e. The highest BCUT2D eigenvalue weighted by Gasteiger charge is 2.67. The van der Waals surface area contributed by atoms with Crippen molar-refractivity contribution in [3.05, 3.63) is 60.7 Å². The molecule has 0 bridgehead atoms. The van der Waals surface area contributed by atoms with Crippen LogP contribution in [0.15, 0.2) is 60.7 Å². The molecule has 5 rings (SSSR count). The van der Waals surface area contributed by atoms with Gasteiger partial charge in [0.15, 0.2) is 0 Å². The van der Waals surface area contributed by atoms with Crippen LogP contribution in [0, 0.1) is 22.7 Å². The molecule has 1 heterocycles. The summed E-state index contributed by atoms with van der Waals surface area (Å²) in [7, 11) is -2.69. The molecule has 3 fully saturated rings.